The average molecular weight is 527 g/mol. The first-order valence-electron chi connectivity index (χ1n) is 10.4. The number of likely N-dealkylation sites (N-methyl/N-ethyl adjacent to an activating group) is 1. The zero-order valence-corrected chi connectivity index (χ0v) is 21.8. The molecule has 3 aromatic rings. The molecule has 0 N–H and O–H groups in total. The number of nitrogens with zero attached hydrogens (tertiary/aromatic N) is 4. The summed E-state index contributed by atoms with van der Waals surface area (Å²) in [5.74, 6) is 0.929. The third kappa shape index (κ3) is 6.44. The second-order valence-corrected chi connectivity index (χ2v) is 9.06. The molecule has 0 spiro atoms. The van der Waals surface area contributed by atoms with Crippen LogP contribution in [0.2, 0.25) is 0 Å². The molecule has 12 heteroatoms. The Bertz CT molecular complexity index is 1120. The van der Waals surface area contributed by atoms with Crippen LogP contribution in [0.25, 0.3) is 16.3 Å². The quantitative estimate of drug-likeness (QED) is 0.195. The molecule has 1 aromatic carbocycles. The van der Waals surface area contributed by atoms with Gasteiger partial charge in [-0.25, -0.2) is 4.98 Å². The van der Waals surface area contributed by atoms with Gasteiger partial charge in [0, 0.05) is 42.2 Å². The standard InChI is InChI=1S/C22H26N4O5S2.ClH/c1-5-24(6-2)11-12-25(20(27)9-7-15-8-10-21(32-15)26(28)29)22-23-16-13-17(30-3)18(31-4)14-19(16)33-22;/h7-10,13-14H,5-6,11-12H2,1-4H3;1H. The van der Waals surface area contributed by atoms with Crippen molar-refractivity contribution in [3.05, 3.63) is 45.3 Å². The molecule has 2 heterocycles. The summed E-state index contributed by atoms with van der Waals surface area (Å²) in [6.45, 7) is 7.07. The van der Waals surface area contributed by atoms with Crippen LogP contribution in [0.15, 0.2) is 30.3 Å². The summed E-state index contributed by atoms with van der Waals surface area (Å²) in [6, 6.07) is 6.70. The second kappa shape index (κ2) is 12.7. The number of hydrogen-bond acceptors (Lipinski definition) is 9. The summed E-state index contributed by atoms with van der Waals surface area (Å²) in [5.41, 5.74) is 0.714. The number of rotatable bonds is 11. The van der Waals surface area contributed by atoms with Crippen LogP contribution >= 0.6 is 35.1 Å². The van der Waals surface area contributed by atoms with Crippen LogP contribution in [0, 0.1) is 10.1 Å². The van der Waals surface area contributed by atoms with E-state index in [4.69, 9.17) is 9.47 Å². The van der Waals surface area contributed by atoms with Gasteiger partial charge >= 0.3 is 5.00 Å². The van der Waals surface area contributed by atoms with Crippen LogP contribution in [0.5, 0.6) is 11.5 Å². The summed E-state index contributed by atoms with van der Waals surface area (Å²) in [7, 11) is 3.14. The lowest BCUT2D eigenvalue weighted by molar-refractivity contribution is -0.380. The molecule has 3 rings (SSSR count). The van der Waals surface area contributed by atoms with E-state index in [0.717, 1.165) is 29.1 Å². The molecule has 9 nitrogen and oxygen atoms in total. The summed E-state index contributed by atoms with van der Waals surface area (Å²) in [6.07, 6.45) is 3.04. The Hall–Kier alpha value is -2.73. The molecule has 0 unspecified atom stereocenters. The van der Waals surface area contributed by atoms with Crippen molar-refractivity contribution >= 4 is 67.4 Å². The zero-order valence-electron chi connectivity index (χ0n) is 19.3. The van der Waals surface area contributed by atoms with Gasteiger partial charge in [-0.2, -0.15) is 0 Å². The Balaban J connectivity index is 0.00000408. The lowest BCUT2D eigenvalue weighted by Crippen LogP contribution is -2.38. The molecule has 34 heavy (non-hydrogen) atoms. The van der Waals surface area contributed by atoms with E-state index in [9.17, 15) is 14.9 Å². The first kappa shape index (κ1) is 27.5. The van der Waals surface area contributed by atoms with Crippen molar-refractivity contribution in [3.63, 3.8) is 0 Å². The normalized spacial score (nSPS) is 11.1. The van der Waals surface area contributed by atoms with Gasteiger partial charge in [0.1, 0.15) is 0 Å². The van der Waals surface area contributed by atoms with Crippen LogP contribution in [0.1, 0.15) is 18.7 Å². The van der Waals surface area contributed by atoms with Crippen molar-refractivity contribution < 1.29 is 19.2 Å². The molecule has 1 amide bonds. The van der Waals surface area contributed by atoms with Crippen LogP contribution in [0.3, 0.4) is 0 Å². The summed E-state index contributed by atoms with van der Waals surface area (Å²) >= 11 is 2.42. The molecule has 0 saturated heterocycles. The number of anilines is 1. The van der Waals surface area contributed by atoms with E-state index >= 15 is 0 Å². The van der Waals surface area contributed by atoms with Gasteiger partial charge in [0.05, 0.1) is 29.4 Å². The zero-order chi connectivity index (χ0) is 24.0. The predicted molar refractivity (Wildman–Crippen MR) is 140 cm³/mol. The number of hydrogen-bond donors (Lipinski definition) is 0. The first-order valence-corrected chi connectivity index (χ1v) is 12.0. The van der Waals surface area contributed by atoms with Crippen molar-refractivity contribution in [2.24, 2.45) is 0 Å². The van der Waals surface area contributed by atoms with Crippen LogP contribution in [0.4, 0.5) is 10.1 Å². The number of carbonyl (C=O) groups is 1. The number of benzene rings is 1. The molecular weight excluding hydrogens is 500 g/mol. The Morgan fingerprint density at radius 1 is 1.12 bits per heavy atom. The molecule has 0 bridgehead atoms. The van der Waals surface area contributed by atoms with Gasteiger partial charge in [-0.1, -0.05) is 36.5 Å². The summed E-state index contributed by atoms with van der Waals surface area (Å²) in [4.78, 5) is 32.8. The predicted octanol–water partition coefficient (Wildman–Crippen LogP) is 5.09. The number of aromatic nitrogens is 1. The monoisotopic (exact) mass is 526 g/mol. The molecule has 0 aliphatic rings. The topological polar surface area (TPSA) is 98.0 Å². The maximum Gasteiger partial charge on any atom is 0.324 e. The minimum atomic E-state index is -0.441. The fraction of sp³-hybridized carbons (Fsp3) is 0.364. The minimum Gasteiger partial charge on any atom is -0.493 e. The summed E-state index contributed by atoms with van der Waals surface area (Å²) < 4.78 is 11.6. The highest BCUT2D eigenvalue weighted by molar-refractivity contribution is 7.22. The number of carbonyl (C=O) groups excluding carboxylic acids is 1. The molecule has 184 valence electrons. The van der Waals surface area contributed by atoms with Crippen molar-refractivity contribution in [2.45, 2.75) is 13.8 Å². The fourth-order valence-corrected chi connectivity index (χ4v) is 4.94. The van der Waals surface area contributed by atoms with Gasteiger partial charge < -0.3 is 14.4 Å². The molecular formula is C22H27ClN4O5S2. The largest absolute Gasteiger partial charge is 0.493 e. The Morgan fingerprint density at radius 2 is 1.79 bits per heavy atom. The number of amides is 1. The highest BCUT2D eigenvalue weighted by Gasteiger charge is 2.20. The molecule has 0 fully saturated rings. The van der Waals surface area contributed by atoms with Gasteiger partial charge in [-0.05, 0) is 25.2 Å². The minimum absolute atomic E-state index is 0. The van der Waals surface area contributed by atoms with E-state index in [1.807, 2.05) is 6.07 Å². The fourth-order valence-electron chi connectivity index (χ4n) is 3.21. The number of fused-ring (bicyclic) bond motifs is 1. The Labute approximate surface area is 212 Å². The third-order valence-electron chi connectivity index (χ3n) is 5.10. The van der Waals surface area contributed by atoms with Crippen LogP contribution in [-0.4, -0.2) is 61.1 Å². The number of nitro groups is 1. The second-order valence-electron chi connectivity index (χ2n) is 6.95. The Morgan fingerprint density at radius 3 is 2.38 bits per heavy atom. The van der Waals surface area contributed by atoms with E-state index in [0.29, 0.717) is 40.1 Å². The first-order chi connectivity index (χ1) is 15.9. The average Bonchev–Trinajstić information content (AvgIpc) is 3.46. The number of thiazole rings is 1. The number of halogens is 1. The third-order valence-corrected chi connectivity index (χ3v) is 7.14. The lowest BCUT2D eigenvalue weighted by atomic mass is 10.3. The summed E-state index contributed by atoms with van der Waals surface area (Å²) in [5, 5.41) is 11.5. The maximum atomic E-state index is 13.2. The number of methoxy groups -OCH3 is 2. The van der Waals surface area contributed by atoms with Crippen molar-refractivity contribution in [1.29, 1.82) is 0 Å². The van der Waals surface area contributed by atoms with E-state index in [-0.39, 0.29) is 23.3 Å². The maximum absolute atomic E-state index is 13.2. The van der Waals surface area contributed by atoms with Crippen molar-refractivity contribution in [1.82, 2.24) is 9.88 Å². The van der Waals surface area contributed by atoms with E-state index in [2.05, 4.69) is 23.7 Å². The lowest BCUT2D eigenvalue weighted by Gasteiger charge is -2.23. The molecule has 0 aliphatic heterocycles. The smallest absolute Gasteiger partial charge is 0.324 e. The number of thiophene rings is 1. The molecule has 2 aromatic heterocycles. The molecule has 0 aliphatic carbocycles. The Kier molecular flexibility index (Phi) is 10.2. The van der Waals surface area contributed by atoms with Gasteiger partial charge in [0.15, 0.2) is 16.6 Å². The van der Waals surface area contributed by atoms with Crippen molar-refractivity contribution in [3.8, 4) is 11.5 Å². The molecule has 0 radical (unpaired) electrons. The van der Waals surface area contributed by atoms with Gasteiger partial charge in [-0.15, -0.1) is 12.4 Å². The van der Waals surface area contributed by atoms with E-state index in [1.165, 1.54) is 23.5 Å². The van der Waals surface area contributed by atoms with Gasteiger partial charge in [0.2, 0.25) is 0 Å². The number of ether oxygens (including phenoxy) is 2. The highest BCUT2D eigenvalue weighted by atomic mass is 35.5. The molecule has 0 saturated carbocycles. The van der Waals surface area contributed by atoms with E-state index < -0.39 is 4.92 Å². The van der Waals surface area contributed by atoms with Gasteiger partial charge in [0.25, 0.3) is 5.91 Å². The molecule has 0 atom stereocenters. The van der Waals surface area contributed by atoms with Crippen molar-refractivity contribution in [2.75, 3.05) is 45.3 Å². The van der Waals surface area contributed by atoms with Crippen LogP contribution in [-0.2, 0) is 4.79 Å². The van der Waals surface area contributed by atoms with Crippen LogP contribution < -0.4 is 14.4 Å². The van der Waals surface area contributed by atoms with E-state index in [1.54, 1.807) is 37.3 Å². The van der Waals surface area contributed by atoms with Gasteiger partial charge in [-0.3, -0.25) is 19.8 Å². The highest BCUT2D eigenvalue weighted by Crippen LogP contribution is 2.37. The SMILES string of the molecule is CCN(CC)CCN(C(=O)C=Cc1ccc([N+](=O)[O-])s1)c1nc2cc(OC)c(OC)cc2s1.Cl.